The molecule has 0 aromatic heterocycles. The average molecular weight is 350 g/mol. The van der Waals surface area contributed by atoms with Crippen LogP contribution in [0.2, 0.25) is 0 Å². The number of primary amides is 1. The summed E-state index contributed by atoms with van der Waals surface area (Å²) in [7, 11) is 0. The van der Waals surface area contributed by atoms with Crippen LogP contribution >= 0.6 is 12.4 Å². The lowest BCUT2D eigenvalue weighted by molar-refractivity contribution is -0.119. The minimum absolute atomic E-state index is 0. The summed E-state index contributed by atoms with van der Waals surface area (Å²) in [5, 5.41) is 6.46. The van der Waals surface area contributed by atoms with Crippen LogP contribution in [-0.4, -0.2) is 11.9 Å². The molecule has 3 rings (SSSR count). The van der Waals surface area contributed by atoms with Gasteiger partial charge in [0.15, 0.2) is 0 Å². The standard InChI is InChI=1S/C18H20FN3O.ClH/c19-15-4-2-1-3-13(15)11-21-14-7-5-12(6-8-14)16-9-10-17(22-16)18(20)23;/h1-8,16-17,21-22H,9-11H2,(H2,20,23);1H/t16-,17+;/m1./s1. The van der Waals surface area contributed by atoms with Gasteiger partial charge in [0.1, 0.15) is 5.82 Å². The normalized spacial score (nSPS) is 19.5. The van der Waals surface area contributed by atoms with Crippen LogP contribution < -0.4 is 16.4 Å². The summed E-state index contributed by atoms with van der Waals surface area (Å²) in [5.74, 6) is -0.500. The number of amides is 1. The van der Waals surface area contributed by atoms with Crippen LogP contribution in [0.4, 0.5) is 10.1 Å². The highest BCUT2D eigenvalue weighted by molar-refractivity contribution is 5.85. The Morgan fingerprint density at radius 1 is 1.17 bits per heavy atom. The Morgan fingerprint density at radius 3 is 2.50 bits per heavy atom. The lowest BCUT2D eigenvalue weighted by Crippen LogP contribution is -2.37. The molecule has 0 unspecified atom stereocenters. The van der Waals surface area contributed by atoms with Crippen molar-refractivity contribution in [3.63, 3.8) is 0 Å². The van der Waals surface area contributed by atoms with E-state index in [9.17, 15) is 9.18 Å². The largest absolute Gasteiger partial charge is 0.381 e. The topological polar surface area (TPSA) is 67.2 Å². The number of rotatable bonds is 5. The smallest absolute Gasteiger partial charge is 0.234 e. The van der Waals surface area contributed by atoms with Crippen LogP contribution in [0.1, 0.15) is 30.0 Å². The van der Waals surface area contributed by atoms with E-state index in [4.69, 9.17) is 5.73 Å². The third-order valence-corrected chi connectivity index (χ3v) is 4.24. The Bertz CT molecular complexity index is 693. The molecule has 1 aliphatic heterocycles. The molecule has 24 heavy (non-hydrogen) atoms. The van der Waals surface area contributed by atoms with E-state index in [1.54, 1.807) is 12.1 Å². The third kappa shape index (κ3) is 4.24. The van der Waals surface area contributed by atoms with Gasteiger partial charge in [-0.1, -0.05) is 30.3 Å². The summed E-state index contributed by atoms with van der Waals surface area (Å²) < 4.78 is 13.6. The van der Waals surface area contributed by atoms with Crippen LogP contribution in [-0.2, 0) is 11.3 Å². The molecular formula is C18H21ClFN3O. The van der Waals surface area contributed by atoms with E-state index in [1.807, 2.05) is 30.3 Å². The molecule has 1 amide bonds. The SMILES string of the molecule is Cl.NC(=O)[C@@H]1CC[C@H](c2ccc(NCc3ccccc3F)cc2)N1. The fraction of sp³-hybridized carbons (Fsp3) is 0.278. The van der Waals surface area contributed by atoms with E-state index in [1.165, 1.54) is 6.07 Å². The van der Waals surface area contributed by atoms with Gasteiger partial charge in [-0.05, 0) is 36.6 Å². The third-order valence-electron chi connectivity index (χ3n) is 4.24. The molecule has 2 atom stereocenters. The predicted molar refractivity (Wildman–Crippen MR) is 95.5 cm³/mol. The van der Waals surface area contributed by atoms with Crippen molar-refractivity contribution in [2.45, 2.75) is 31.5 Å². The van der Waals surface area contributed by atoms with Crippen molar-refractivity contribution in [2.75, 3.05) is 5.32 Å². The lowest BCUT2D eigenvalue weighted by atomic mass is 10.0. The highest BCUT2D eigenvalue weighted by Crippen LogP contribution is 2.27. The minimum Gasteiger partial charge on any atom is -0.381 e. The Labute approximate surface area is 147 Å². The monoisotopic (exact) mass is 349 g/mol. The first-order valence-corrected chi connectivity index (χ1v) is 7.76. The molecule has 0 aliphatic carbocycles. The van der Waals surface area contributed by atoms with Crippen LogP contribution in [0.25, 0.3) is 0 Å². The van der Waals surface area contributed by atoms with Crippen molar-refractivity contribution >= 4 is 24.0 Å². The van der Waals surface area contributed by atoms with Crippen molar-refractivity contribution in [3.05, 3.63) is 65.5 Å². The maximum atomic E-state index is 13.6. The minimum atomic E-state index is -0.296. The van der Waals surface area contributed by atoms with Crippen molar-refractivity contribution in [2.24, 2.45) is 5.73 Å². The quantitative estimate of drug-likeness (QED) is 0.776. The number of hydrogen-bond acceptors (Lipinski definition) is 3. The summed E-state index contributed by atoms with van der Waals surface area (Å²) in [6.45, 7) is 0.442. The zero-order valence-corrected chi connectivity index (χ0v) is 14.0. The number of halogens is 2. The van der Waals surface area contributed by atoms with Gasteiger partial charge >= 0.3 is 0 Å². The molecule has 1 aliphatic rings. The summed E-state index contributed by atoms with van der Waals surface area (Å²) in [4.78, 5) is 11.2. The van der Waals surface area contributed by atoms with E-state index in [0.29, 0.717) is 12.1 Å². The first-order valence-electron chi connectivity index (χ1n) is 7.76. The summed E-state index contributed by atoms with van der Waals surface area (Å²) in [5.41, 5.74) is 8.03. The van der Waals surface area contributed by atoms with Gasteiger partial charge < -0.3 is 11.1 Å². The molecule has 1 saturated heterocycles. The van der Waals surface area contributed by atoms with Gasteiger partial charge in [-0.3, -0.25) is 10.1 Å². The summed E-state index contributed by atoms with van der Waals surface area (Å²) in [6, 6.07) is 14.6. The van der Waals surface area contributed by atoms with Crippen molar-refractivity contribution in [1.29, 1.82) is 0 Å². The zero-order valence-electron chi connectivity index (χ0n) is 13.2. The van der Waals surface area contributed by atoms with E-state index >= 15 is 0 Å². The van der Waals surface area contributed by atoms with Crippen LogP contribution in [0.3, 0.4) is 0 Å². The molecule has 1 heterocycles. The Hall–Kier alpha value is -2.11. The summed E-state index contributed by atoms with van der Waals surface area (Å²) in [6.07, 6.45) is 1.67. The molecule has 2 aromatic carbocycles. The van der Waals surface area contributed by atoms with Gasteiger partial charge in [0.2, 0.25) is 5.91 Å². The highest BCUT2D eigenvalue weighted by Gasteiger charge is 2.28. The van der Waals surface area contributed by atoms with Crippen LogP contribution in [0, 0.1) is 5.82 Å². The van der Waals surface area contributed by atoms with E-state index in [-0.39, 0.29) is 36.2 Å². The predicted octanol–water partition coefficient (Wildman–Crippen LogP) is 3.14. The van der Waals surface area contributed by atoms with Gasteiger partial charge in [-0.15, -0.1) is 12.4 Å². The van der Waals surface area contributed by atoms with Gasteiger partial charge in [-0.25, -0.2) is 4.39 Å². The molecule has 1 fully saturated rings. The second-order valence-electron chi connectivity index (χ2n) is 5.82. The molecule has 0 bridgehead atoms. The average Bonchev–Trinajstić information content (AvgIpc) is 3.05. The number of carbonyl (C=O) groups is 1. The van der Waals surface area contributed by atoms with Gasteiger partial charge in [-0.2, -0.15) is 0 Å². The first-order chi connectivity index (χ1) is 11.1. The van der Waals surface area contributed by atoms with Crippen LogP contribution in [0.5, 0.6) is 0 Å². The highest BCUT2D eigenvalue weighted by atomic mass is 35.5. The second kappa shape index (κ2) is 8.13. The Kier molecular flexibility index (Phi) is 6.17. The van der Waals surface area contributed by atoms with Gasteiger partial charge in [0.05, 0.1) is 6.04 Å². The lowest BCUT2D eigenvalue weighted by Gasteiger charge is -2.14. The molecule has 0 radical (unpaired) electrons. The van der Waals surface area contributed by atoms with Crippen molar-refractivity contribution in [3.8, 4) is 0 Å². The van der Waals surface area contributed by atoms with Crippen molar-refractivity contribution in [1.82, 2.24) is 5.32 Å². The number of benzene rings is 2. The second-order valence-corrected chi connectivity index (χ2v) is 5.82. The maximum absolute atomic E-state index is 13.6. The fourth-order valence-electron chi connectivity index (χ4n) is 2.90. The zero-order chi connectivity index (χ0) is 16.2. The molecule has 2 aromatic rings. The number of anilines is 1. The maximum Gasteiger partial charge on any atom is 0.234 e. The number of nitrogens with one attached hydrogen (secondary N) is 2. The van der Waals surface area contributed by atoms with Gasteiger partial charge in [0, 0.05) is 23.8 Å². The fourth-order valence-corrected chi connectivity index (χ4v) is 2.90. The summed E-state index contributed by atoms with van der Waals surface area (Å²) >= 11 is 0. The molecular weight excluding hydrogens is 329 g/mol. The van der Waals surface area contributed by atoms with E-state index in [0.717, 1.165) is 24.1 Å². The number of hydrogen-bond donors (Lipinski definition) is 3. The molecule has 128 valence electrons. The molecule has 0 spiro atoms. The molecule has 6 heteroatoms. The molecule has 0 saturated carbocycles. The van der Waals surface area contributed by atoms with Crippen molar-refractivity contribution < 1.29 is 9.18 Å². The molecule has 4 N–H and O–H groups in total. The first kappa shape index (κ1) is 18.2. The number of nitrogens with two attached hydrogens (primary N) is 1. The molecule has 4 nitrogen and oxygen atoms in total. The van der Waals surface area contributed by atoms with Crippen LogP contribution in [0.15, 0.2) is 48.5 Å². The Morgan fingerprint density at radius 2 is 1.88 bits per heavy atom. The Balaban J connectivity index is 0.00000208. The van der Waals surface area contributed by atoms with Gasteiger partial charge in [0.25, 0.3) is 0 Å². The van der Waals surface area contributed by atoms with E-state index < -0.39 is 0 Å². The van der Waals surface area contributed by atoms with E-state index in [2.05, 4.69) is 10.6 Å². The number of carbonyl (C=O) groups excluding carboxylic acids is 1.